The van der Waals surface area contributed by atoms with E-state index in [-0.39, 0.29) is 23.5 Å². The van der Waals surface area contributed by atoms with Crippen molar-refractivity contribution in [1.29, 1.82) is 0 Å². The summed E-state index contributed by atoms with van der Waals surface area (Å²) in [6.45, 7) is 6.58. The van der Waals surface area contributed by atoms with Gasteiger partial charge in [-0.3, -0.25) is 19.6 Å². The maximum atomic E-state index is 14.2. The maximum absolute atomic E-state index is 14.2. The highest BCUT2D eigenvalue weighted by molar-refractivity contribution is 5.92. The minimum absolute atomic E-state index is 0.0699. The van der Waals surface area contributed by atoms with Crippen LogP contribution in [0.2, 0.25) is 0 Å². The number of likely N-dealkylation sites (tertiary alicyclic amines) is 1. The Balaban J connectivity index is 1.49. The number of aromatic nitrogens is 3. The van der Waals surface area contributed by atoms with Crippen LogP contribution < -0.4 is 10.9 Å². The average Bonchev–Trinajstić information content (AvgIpc) is 3.31. The highest BCUT2D eigenvalue weighted by Gasteiger charge is 2.23. The number of amides is 1. The molecular formula is C21H26FN5O2. The number of halogens is 1. The van der Waals surface area contributed by atoms with E-state index in [9.17, 15) is 14.0 Å². The van der Waals surface area contributed by atoms with Crippen LogP contribution in [0.1, 0.15) is 37.4 Å². The molecule has 0 spiro atoms. The molecule has 1 fully saturated rings. The second kappa shape index (κ2) is 7.94. The number of carbonyl (C=O) groups is 1. The van der Waals surface area contributed by atoms with Gasteiger partial charge in [0, 0.05) is 30.3 Å². The third kappa shape index (κ3) is 3.64. The molecule has 29 heavy (non-hydrogen) atoms. The third-order valence-corrected chi connectivity index (χ3v) is 5.90. The Morgan fingerprint density at radius 1 is 1.41 bits per heavy atom. The molecule has 1 aliphatic rings. The standard InChI is InChI=1S/C21H26FN5O2/c1-3-26-11-5-6-14(26)12-23-18(28)10-9-15-13(2)24-20-19-16(22)7-4-8-17(19)25-27(20)21(15)29/h4,7-8,14,25H,3,5-6,9-12H2,1-2H3,(H,23,28)/t14-/m0/s1. The van der Waals surface area contributed by atoms with Gasteiger partial charge in [0.15, 0.2) is 5.65 Å². The zero-order valence-corrected chi connectivity index (χ0v) is 16.8. The van der Waals surface area contributed by atoms with Crippen LogP contribution in [0, 0.1) is 12.7 Å². The van der Waals surface area contributed by atoms with Crippen molar-refractivity contribution in [3.63, 3.8) is 0 Å². The minimum Gasteiger partial charge on any atom is -0.355 e. The molecule has 1 aliphatic heterocycles. The van der Waals surface area contributed by atoms with Crippen LogP contribution in [0.25, 0.3) is 16.6 Å². The van der Waals surface area contributed by atoms with Gasteiger partial charge in [0.25, 0.3) is 5.56 Å². The fourth-order valence-electron chi connectivity index (χ4n) is 4.29. The second-order valence-corrected chi connectivity index (χ2v) is 7.64. The normalized spacial score (nSPS) is 17.4. The van der Waals surface area contributed by atoms with Crippen LogP contribution in [-0.4, -0.2) is 51.1 Å². The van der Waals surface area contributed by atoms with Gasteiger partial charge in [-0.15, -0.1) is 0 Å². The van der Waals surface area contributed by atoms with Gasteiger partial charge < -0.3 is 5.32 Å². The van der Waals surface area contributed by atoms with Gasteiger partial charge in [-0.05, 0) is 51.4 Å². The van der Waals surface area contributed by atoms with Crippen molar-refractivity contribution in [1.82, 2.24) is 24.8 Å². The summed E-state index contributed by atoms with van der Waals surface area (Å²) in [5.74, 6) is -0.493. The Kier molecular flexibility index (Phi) is 5.36. The summed E-state index contributed by atoms with van der Waals surface area (Å²) in [4.78, 5) is 32.1. The highest BCUT2D eigenvalue weighted by atomic mass is 19.1. The van der Waals surface area contributed by atoms with Crippen LogP contribution in [0.5, 0.6) is 0 Å². The van der Waals surface area contributed by atoms with E-state index in [1.54, 1.807) is 19.1 Å². The van der Waals surface area contributed by atoms with Crippen molar-refractivity contribution < 1.29 is 9.18 Å². The summed E-state index contributed by atoms with van der Waals surface area (Å²) in [6.07, 6.45) is 2.79. The number of likely N-dealkylation sites (N-methyl/N-ethyl adjacent to an activating group) is 1. The van der Waals surface area contributed by atoms with E-state index in [1.807, 2.05) is 0 Å². The van der Waals surface area contributed by atoms with Gasteiger partial charge in [0.2, 0.25) is 5.91 Å². The first-order chi connectivity index (χ1) is 14.0. The zero-order chi connectivity index (χ0) is 20.5. The van der Waals surface area contributed by atoms with Crippen molar-refractivity contribution >= 4 is 22.5 Å². The van der Waals surface area contributed by atoms with Gasteiger partial charge in [-0.2, -0.15) is 0 Å². The summed E-state index contributed by atoms with van der Waals surface area (Å²) in [7, 11) is 0. The number of hydrogen-bond donors (Lipinski definition) is 2. The Hall–Kier alpha value is -2.74. The Morgan fingerprint density at radius 2 is 2.24 bits per heavy atom. The first-order valence-corrected chi connectivity index (χ1v) is 10.2. The molecule has 0 saturated carbocycles. The van der Waals surface area contributed by atoms with E-state index in [0.717, 1.165) is 19.5 Å². The van der Waals surface area contributed by atoms with E-state index in [0.29, 0.717) is 41.2 Å². The fraction of sp³-hybridized carbons (Fsp3) is 0.476. The predicted octanol–water partition coefficient (Wildman–Crippen LogP) is 2.16. The quantitative estimate of drug-likeness (QED) is 0.666. The summed E-state index contributed by atoms with van der Waals surface area (Å²) >= 11 is 0. The summed E-state index contributed by atoms with van der Waals surface area (Å²) in [5.41, 5.74) is 1.50. The molecule has 3 aromatic rings. The van der Waals surface area contributed by atoms with E-state index < -0.39 is 5.82 Å². The van der Waals surface area contributed by atoms with Crippen LogP contribution in [0.3, 0.4) is 0 Å². The van der Waals surface area contributed by atoms with Gasteiger partial charge in [-0.1, -0.05) is 13.0 Å². The van der Waals surface area contributed by atoms with E-state index in [1.165, 1.54) is 17.0 Å². The van der Waals surface area contributed by atoms with Crippen LogP contribution in [-0.2, 0) is 11.2 Å². The first kappa shape index (κ1) is 19.6. The van der Waals surface area contributed by atoms with Crippen LogP contribution in [0.4, 0.5) is 4.39 Å². The molecule has 154 valence electrons. The number of nitrogens with zero attached hydrogens (tertiary/aromatic N) is 3. The van der Waals surface area contributed by atoms with Crippen molar-refractivity contribution in [3.05, 3.63) is 45.6 Å². The molecule has 1 aromatic carbocycles. The molecule has 0 aliphatic carbocycles. The summed E-state index contributed by atoms with van der Waals surface area (Å²) < 4.78 is 15.5. The summed E-state index contributed by atoms with van der Waals surface area (Å²) in [5, 5.41) is 6.21. The molecule has 1 saturated heterocycles. The SMILES string of the molecule is CCN1CCC[C@H]1CNC(=O)CCc1c(C)nc2c3c(F)cccc3[nH]n2c1=O. The van der Waals surface area contributed by atoms with Gasteiger partial charge >= 0.3 is 0 Å². The molecule has 0 radical (unpaired) electrons. The molecule has 0 bridgehead atoms. The topological polar surface area (TPSA) is 82.5 Å². The minimum atomic E-state index is -0.423. The van der Waals surface area contributed by atoms with Crippen molar-refractivity contribution in [3.8, 4) is 0 Å². The molecule has 8 heteroatoms. The number of carbonyl (C=O) groups excluding carboxylic acids is 1. The van der Waals surface area contributed by atoms with Crippen LogP contribution >= 0.6 is 0 Å². The monoisotopic (exact) mass is 399 g/mol. The van der Waals surface area contributed by atoms with E-state index in [2.05, 4.69) is 27.2 Å². The number of aryl methyl sites for hydroxylation is 1. The first-order valence-electron chi connectivity index (χ1n) is 10.2. The lowest BCUT2D eigenvalue weighted by atomic mass is 10.1. The lowest BCUT2D eigenvalue weighted by Gasteiger charge is -2.22. The molecule has 1 amide bonds. The zero-order valence-electron chi connectivity index (χ0n) is 16.8. The van der Waals surface area contributed by atoms with Crippen molar-refractivity contribution in [2.75, 3.05) is 19.6 Å². The number of H-pyrrole nitrogens is 1. The number of benzene rings is 1. The summed E-state index contributed by atoms with van der Waals surface area (Å²) in [6, 6.07) is 5.04. The Bertz CT molecular complexity index is 1120. The third-order valence-electron chi connectivity index (χ3n) is 5.90. The molecule has 3 heterocycles. The van der Waals surface area contributed by atoms with Crippen molar-refractivity contribution in [2.45, 2.75) is 45.6 Å². The lowest BCUT2D eigenvalue weighted by Crippen LogP contribution is -2.40. The number of aromatic amines is 1. The number of fused-ring (bicyclic) bond motifs is 3. The molecule has 2 N–H and O–H groups in total. The fourth-order valence-corrected chi connectivity index (χ4v) is 4.29. The van der Waals surface area contributed by atoms with Gasteiger partial charge in [-0.25, -0.2) is 13.9 Å². The lowest BCUT2D eigenvalue weighted by molar-refractivity contribution is -0.121. The smallest absolute Gasteiger partial charge is 0.276 e. The van der Waals surface area contributed by atoms with E-state index in [4.69, 9.17) is 0 Å². The predicted molar refractivity (Wildman–Crippen MR) is 110 cm³/mol. The Labute approximate surface area is 167 Å². The maximum Gasteiger partial charge on any atom is 0.276 e. The molecule has 1 atom stereocenters. The Morgan fingerprint density at radius 3 is 3.03 bits per heavy atom. The molecule has 7 nitrogen and oxygen atoms in total. The molecular weight excluding hydrogens is 373 g/mol. The number of nitrogens with one attached hydrogen (secondary N) is 2. The van der Waals surface area contributed by atoms with E-state index >= 15 is 0 Å². The number of hydrogen-bond acceptors (Lipinski definition) is 4. The van der Waals surface area contributed by atoms with Crippen molar-refractivity contribution in [2.24, 2.45) is 0 Å². The average molecular weight is 399 g/mol. The highest BCUT2D eigenvalue weighted by Crippen LogP contribution is 2.21. The van der Waals surface area contributed by atoms with Gasteiger partial charge in [0.05, 0.1) is 10.9 Å². The second-order valence-electron chi connectivity index (χ2n) is 7.64. The van der Waals surface area contributed by atoms with Gasteiger partial charge in [0.1, 0.15) is 5.82 Å². The largest absolute Gasteiger partial charge is 0.355 e. The molecule has 4 rings (SSSR count). The molecule has 0 unspecified atom stereocenters. The molecule has 2 aromatic heterocycles. The van der Waals surface area contributed by atoms with Crippen LogP contribution in [0.15, 0.2) is 23.0 Å². The number of rotatable bonds is 6.